The lowest BCUT2D eigenvalue weighted by Crippen LogP contribution is -2.48. The van der Waals surface area contributed by atoms with E-state index in [1.807, 2.05) is 6.07 Å². The standard InChI is InChI=1S/C23H34F3NO4S/c1-17-16-27(13-11-21(28)18-7-4-3-5-8-18)14-12-22(17,2)19-9-6-10-20(15-19)31-32(29,30)23(24,25)26/h6,9-10,15,17-18,21,28H,3-5,7-8,11-14,16H2,1-2H3/t17-,21+,22+/m0/s1. The molecule has 0 spiro atoms. The molecule has 0 amide bonds. The number of nitrogens with zero attached hydrogens (tertiary/aromatic N) is 1. The molecule has 1 saturated heterocycles. The van der Waals surface area contributed by atoms with E-state index in [4.69, 9.17) is 0 Å². The zero-order chi connectivity index (χ0) is 23.6. The molecule has 0 unspecified atom stereocenters. The van der Waals surface area contributed by atoms with E-state index < -0.39 is 15.6 Å². The summed E-state index contributed by atoms with van der Waals surface area (Å²) >= 11 is 0. The van der Waals surface area contributed by atoms with Gasteiger partial charge in [-0.3, -0.25) is 0 Å². The first-order chi connectivity index (χ1) is 14.9. The van der Waals surface area contributed by atoms with Gasteiger partial charge in [-0.15, -0.1) is 0 Å². The third-order valence-electron chi connectivity index (χ3n) is 7.49. The number of aliphatic hydroxyl groups is 1. The molecule has 0 aromatic heterocycles. The van der Waals surface area contributed by atoms with Crippen LogP contribution in [0.4, 0.5) is 13.2 Å². The van der Waals surface area contributed by atoms with Crippen molar-refractivity contribution in [2.24, 2.45) is 11.8 Å². The fraction of sp³-hybridized carbons (Fsp3) is 0.739. The minimum atomic E-state index is -5.70. The highest BCUT2D eigenvalue weighted by Gasteiger charge is 2.48. The summed E-state index contributed by atoms with van der Waals surface area (Å²) in [6, 6.07) is 5.97. The Hall–Kier alpha value is -1.32. The van der Waals surface area contributed by atoms with E-state index in [1.165, 1.54) is 37.5 Å². The van der Waals surface area contributed by atoms with Crippen LogP contribution in [0.2, 0.25) is 0 Å². The number of hydrogen-bond acceptors (Lipinski definition) is 5. The maximum absolute atomic E-state index is 12.7. The first-order valence-corrected chi connectivity index (χ1v) is 12.8. The molecule has 2 aliphatic rings. The average Bonchev–Trinajstić information content (AvgIpc) is 2.74. The number of halogens is 3. The van der Waals surface area contributed by atoms with Gasteiger partial charge >= 0.3 is 15.6 Å². The molecule has 9 heteroatoms. The second kappa shape index (κ2) is 9.89. The van der Waals surface area contributed by atoms with Crippen LogP contribution in [0.1, 0.15) is 64.4 Å². The Morgan fingerprint density at radius 2 is 1.94 bits per heavy atom. The molecule has 182 valence electrons. The second-order valence-corrected chi connectivity index (χ2v) is 11.2. The van der Waals surface area contributed by atoms with Crippen molar-refractivity contribution in [3.63, 3.8) is 0 Å². The number of alkyl halides is 3. The van der Waals surface area contributed by atoms with Gasteiger partial charge in [0.2, 0.25) is 0 Å². The summed E-state index contributed by atoms with van der Waals surface area (Å²) < 4.78 is 65.1. The molecule has 3 rings (SSSR count). The molecule has 0 radical (unpaired) electrons. The summed E-state index contributed by atoms with van der Waals surface area (Å²) in [5, 5.41) is 10.6. The third kappa shape index (κ3) is 5.78. The second-order valence-electron chi connectivity index (χ2n) is 9.63. The zero-order valence-electron chi connectivity index (χ0n) is 18.8. The quantitative estimate of drug-likeness (QED) is 0.449. The monoisotopic (exact) mass is 477 g/mol. The Bertz CT molecular complexity index is 870. The normalized spacial score (nSPS) is 27.2. The fourth-order valence-corrected chi connectivity index (χ4v) is 5.55. The van der Waals surface area contributed by atoms with Crippen LogP contribution in [0.3, 0.4) is 0 Å². The summed E-state index contributed by atoms with van der Waals surface area (Å²) in [4.78, 5) is 2.34. The van der Waals surface area contributed by atoms with Crippen molar-refractivity contribution in [2.75, 3.05) is 19.6 Å². The lowest BCUT2D eigenvalue weighted by atomic mass is 9.68. The molecule has 1 aromatic carbocycles. The van der Waals surface area contributed by atoms with Crippen LogP contribution >= 0.6 is 0 Å². The van der Waals surface area contributed by atoms with Gasteiger partial charge in [-0.05, 0) is 67.2 Å². The molecule has 3 atom stereocenters. The van der Waals surface area contributed by atoms with E-state index in [0.29, 0.717) is 5.92 Å². The van der Waals surface area contributed by atoms with Crippen LogP contribution in [0.5, 0.6) is 5.75 Å². The largest absolute Gasteiger partial charge is 0.534 e. The maximum Gasteiger partial charge on any atom is 0.534 e. The van der Waals surface area contributed by atoms with Crippen molar-refractivity contribution < 1.29 is 30.9 Å². The fourth-order valence-electron chi connectivity index (χ4n) is 5.10. The maximum atomic E-state index is 12.7. The van der Waals surface area contributed by atoms with Crippen molar-refractivity contribution in [3.05, 3.63) is 29.8 Å². The van der Waals surface area contributed by atoms with Crippen LogP contribution in [-0.2, 0) is 15.5 Å². The van der Waals surface area contributed by atoms with Crippen LogP contribution in [0.15, 0.2) is 24.3 Å². The minimum absolute atomic E-state index is 0.192. The molecular formula is C23H34F3NO4S. The van der Waals surface area contributed by atoms with Crippen LogP contribution in [0, 0.1) is 11.8 Å². The van der Waals surface area contributed by atoms with Gasteiger partial charge in [0, 0.05) is 13.1 Å². The molecule has 1 N–H and O–H groups in total. The first kappa shape index (κ1) is 25.3. The van der Waals surface area contributed by atoms with Gasteiger partial charge in [0.25, 0.3) is 0 Å². The number of hydrogen-bond donors (Lipinski definition) is 1. The van der Waals surface area contributed by atoms with E-state index in [1.54, 1.807) is 0 Å². The van der Waals surface area contributed by atoms with Crippen LogP contribution < -0.4 is 4.18 Å². The highest BCUT2D eigenvalue weighted by molar-refractivity contribution is 7.88. The smallest absolute Gasteiger partial charge is 0.393 e. The predicted octanol–water partition coefficient (Wildman–Crippen LogP) is 4.85. The predicted molar refractivity (Wildman–Crippen MR) is 117 cm³/mol. The Labute approximate surface area is 189 Å². The minimum Gasteiger partial charge on any atom is -0.393 e. The molecule has 1 aromatic rings. The number of aliphatic hydroxyl groups excluding tert-OH is 1. The van der Waals surface area contributed by atoms with Crippen LogP contribution in [0.25, 0.3) is 0 Å². The van der Waals surface area contributed by atoms with E-state index >= 15 is 0 Å². The van der Waals surface area contributed by atoms with Gasteiger partial charge in [0.05, 0.1) is 6.10 Å². The van der Waals surface area contributed by atoms with Gasteiger partial charge in [0.1, 0.15) is 5.75 Å². The van der Waals surface area contributed by atoms with E-state index in [-0.39, 0.29) is 23.2 Å². The van der Waals surface area contributed by atoms with Gasteiger partial charge in [-0.2, -0.15) is 21.6 Å². The molecular weight excluding hydrogens is 443 g/mol. The van der Waals surface area contributed by atoms with Crippen molar-refractivity contribution in [2.45, 2.75) is 75.8 Å². The van der Waals surface area contributed by atoms with Gasteiger partial charge in [0.15, 0.2) is 0 Å². The molecule has 1 heterocycles. The Morgan fingerprint density at radius 3 is 2.56 bits per heavy atom. The van der Waals surface area contributed by atoms with E-state index in [0.717, 1.165) is 50.9 Å². The van der Waals surface area contributed by atoms with E-state index in [2.05, 4.69) is 22.9 Å². The molecule has 1 saturated carbocycles. The van der Waals surface area contributed by atoms with Crippen LogP contribution in [-0.4, -0.2) is 49.7 Å². The topological polar surface area (TPSA) is 66.8 Å². The Balaban J connectivity index is 1.61. The number of benzene rings is 1. The van der Waals surface area contributed by atoms with Crippen molar-refractivity contribution >= 4 is 10.1 Å². The zero-order valence-corrected chi connectivity index (χ0v) is 19.6. The summed E-state index contributed by atoms with van der Waals surface area (Å²) in [5.41, 5.74) is -5.02. The lowest BCUT2D eigenvalue weighted by Gasteiger charge is -2.45. The lowest BCUT2D eigenvalue weighted by molar-refractivity contribution is -0.0500. The van der Waals surface area contributed by atoms with Crippen molar-refractivity contribution in [1.82, 2.24) is 4.90 Å². The summed E-state index contributed by atoms with van der Waals surface area (Å²) in [5.74, 6) is 0.274. The van der Waals surface area contributed by atoms with Gasteiger partial charge in [-0.1, -0.05) is 45.2 Å². The highest BCUT2D eigenvalue weighted by atomic mass is 32.2. The molecule has 5 nitrogen and oxygen atoms in total. The third-order valence-corrected chi connectivity index (χ3v) is 8.46. The molecule has 1 aliphatic heterocycles. The molecule has 32 heavy (non-hydrogen) atoms. The number of likely N-dealkylation sites (tertiary alicyclic amines) is 1. The Morgan fingerprint density at radius 1 is 1.25 bits per heavy atom. The molecule has 1 aliphatic carbocycles. The van der Waals surface area contributed by atoms with Crippen molar-refractivity contribution in [1.29, 1.82) is 0 Å². The molecule has 0 bridgehead atoms. The van der Waals surface area contributed by atoms with Gasteiger partial charge < -0.3 is 14.2 Å². The number of piperidine rings is 1. The highest BCUT2D eigenvalue weighted by Crippen LogP contribution is 2.41. The summed E-state index contributed by atoms with van der Waals surface area (Å²) in [6.45, 7) is 6.60. The summed E-state index contributed by atoms with van der Waals surface area (Å²) in [7, 11) is -5.70. The van der Waals surface area contributed by atoms with E-state index in [9.17, 15) is 26.7 Å². The first-order valence-electron chi connectivity index (χ1n) is 11.4. The van der Waals surface area contributed by atoms with Crippen molar-refractivity contribution in [3.8, 4) is 5.75 Å². The average molecular weight is 478 g/mol. The number of rotatable bonds is 7. The SMILES string of the molecule is C[C@H]1CN(CC[C@@H](O)C2CCCCC2)CC[C@@]1(C)c1cccc(OS(=O)(=O)C(F)(F)F)c1. The summed E-state index contributed by atoms with van der Waals surface area (Å²) in [6.07, 6.45) is 7.16. The molecule has 2 fully saturated rings. The Kier molecular flexibility index (Phi) is 7.82. The van der Waals surface area contributed by atoms with Gasteiger partial charge in [-0.25, -0.2) is 0 Å².